The van der Waals surface area contributed by atoms with Crippen LogP contribution in [0.3, 0.4) is 0 Å². The Kier molecular flexibility index (Phi) is 8.51. The molecule has 1 aromatic carbocycles. The zero-order valence-electron chi connectivity index (χ0n) is 22.7. The van der Waals surface area contributed by atoms with Crippen molar-refractivity contribution in [1.29, 1.82) is 0 Å². The number of carbonyl (C=O) groups is 4. The van der Waals surface area contributed by atoms with Crippen molar-refractivity contribution in [3.63, 3.8) is 0 Å². The number of nitrogens with zero attached hydrogens (tertiary/aromatic N) is 5. The van der Waals surface area contributed by atoms with Gasteiger partial charge in [0.25, 0.3) is 11.5 Å². The molecule has 1 amide bonds. The molecule has 3 heterocycles. The smallest absolute Gasteiger partial charge is 0.303 e. The molecule has 1 unspecified atom stereocenters. The molecule has 0 radical (unpaired) electrons. The number of fused-ring (bicyclic) bond motifs is 1. The number of carbonyl (C=O) groups excluding carboxylic acids is 4. The Morgan fingerprint density at radius 3 is 2.24 bits per heavy atom. The van der Waals surface area contributed by atoms with Crippen LogP contribution in [-0.2, 0) is 38.1 Å². The fourth-order valence-electron chi connectivity index (χ4n) is 4.12. The van der Waals surface area contributed by atoms with Gasteiger partial charge in [-0.3, -0.25) is 38.8 Å². The fraction of sp³-hybridized carbons (Fsp3) is 0.400. The highest BCUT2D eigenvalue weighted by Crippen LogP contribution is 2.39. The molecule has 4 rings (SSSR count). The molecule has 2 aromatic heterocycles. The van der Waals surface area contributed by atoms with Crippen molar-refractivity contribution >= 4 is 52.6 Å². The van der Waals surface area contributed by atoms with Crippen LogP contribution in [0.4, 0.5) is 17.6 Å². The molecule has 3 aromatic rings. The number of hydrogen-bond acceptors (Lipinski definition) is 13. The van der Waals surface area contributed by atoms with E-state index in [9.17, 15) is 24.0 Å². The molecule has 2 N–H and O–H groups in total. The number of anilines is 1. The van der Waals surface area contributed by atoms with E-state index in [4.69, 9.17) is 18.9 Å². The maximum atomic E-state index is 12.9. The maximum Gasteiger partial charge on any atom is 0.303 e. The monoisotopic (exact) mass is 569 g/mol. The third-order valence-corrected chi connectivity index (χ3v) is 5.71. The Hall–Kier alpha value is -4.99. The summed E-state index contributed by atoms with van der Waals surface area (Å²) in [6, 6.07) is 7.07. The summed E-state index contributed by atoms with van der Waals surface area (Å²) in [4.78, 5) is 71.3. The van der Waals surface area contributed by atoms with Crippen molar-refractivity contribution in [2.24, 2.45) is 10.2 Å². The summed E-state index contributed by atoms with van der Waals surface area (Å²) in [5.74, 6) is -2.99. The van der Waals surface area contributed by atoms with E-state index in [0.29, 0.717) is 5.69 Å². The second-order valence-electron chi connectivity index (χ2n) is 9.10. The minimum absolute atomic E-state index is 0.118. The van der Waals surface area contributed by atoms with Gasteiger partial charge in [-0.05, 0) is 19.1 Å². The van der Waals surface area contributed by atoms with Crippen LogP contribution in [-0.4, -0.2) is 68.3 Å². The van der Waals surface area contributed by atoms with Gasteiger partial charge in [-0.2, -0.15) is 4.98 Å². The molecule has 1 fully saturated rings. The van der Waals surface area contributed by atoms with Crippen LogP contribution >= 0.6 is 0 Å². The number of ether oxygens (including phenoxy) is 4. The van der Waals surface area contributed by atoms with Gasteiger partial charge in [0, 0.05) is 27.7 Å². The summed E-state index contributed by atoms with van der Waals surface area (Å²) >= 11 is 0. The summed E-state index contributed by atoms with van der Waals surface area (Å²) in [6.45, 7) is 6.24. The van der Waals surface area contributed by atoms with E-state index in [1.54, 1.807) is 12.1 Å². The van der Waals surface area contributed by atoms with Gasteiger partial charge < -0.3 is 18.9 Å². The molecule has 16 nitrogen and oxygen atoms in total. The first-order valence-corrected chi connectivity index (χ1v) is 12.3. The highest BCUT2D eigenvalue weighted by atomic mass is 16.7. The second kappa shape index (κ2) is 12.0. The predicted octanol–water partition coefficient (Wildman–Crippen LogP) is 2.13. The number of amides is 1. The van der Waals surface area contributed by atoms with Crippen LogP contribution in [0.1, 0.15) is 39.5 Å². The minimum Gasteiger partial charge on any atom is -0.463 e. The Morgan fingerprint density at radius 1 is 0.976 bits per heavy atom. The number of aromatic amines is 1. The van der Waals surface area contributed by atoms with E-state index in [2.05, 4.69) is 30.5 Å². The van der Waals surface area contributed by atoms with Crippen LogP contribution in [0.15, 0.2) is 39.3 Å². The van der Waals surface area contributed by atoms with Crippen molar-refractivity contribution in [1.82, 2.24) is 19.5 Å². The lowest BCUT2D eigenvalue weighted by atomic mass is 10.1. The van der Waals surface area contributed by atoms with Gasteiger partial charge in [-0.25, -0.2) is 4.98 Å². The highest BCUT2D eigenvalue weighted by molar-refractivity contribution is 5.87. The molecule has 1 aliphatic heterocycles. The van der Waals surface area contributed by atoms with Crippen LogP contribution < -0.4 is 10.9 Å². The first-order chi connectivity index (χ1) is 19.4. The van der Waals surface area contributed by atoms with Crippen molar-refractivity contribution < 1.29 is 38.1 Å². The Bertz CT molecular complexity index is 1580. The van der Waals surface area contributed by atoms with E-state index in [0.717, 1.165) is 19.4 Å². The van der Waals surface area contributed by atoms with Crippen LogP contribution in [0, 0.1) is 6.92 Å². The third-order valence-electron chi connectivity index (χ3n) is 5.71. The fourth-order valence-corrected chi connectivity index (χ4v) is 4.12. The van der Waals surface area contributed by atoms with Gasteiger partial charge in [0.15, 0.2) is 29.6 Å². The van der Waals surface area contributed by atoms with Crippen LogP contribution in [0.25, 0.3) is 11.2 Å². The zero-order valence-corrected chi connectivity index (χ0v) is 22.7. The van der Waals surface area contributed by atoms with Gasteiger partial charge in [0.2, 0.25) is 11.9 Å². The molecule has 1 saturated heterocycles. The topological polar surface area (TPSA) is 206 Å². The van der Waals surface area contributed by atoms with Gasteiger partial charge in [-0.15, -0.1) is 10.2 Å². The molecule has 4 atom stereocenters. The first-order valence-electron chi connectivity index (χ1n) is 12.3. The van der Waals surface area contributed by atoms with E-state index in [-0.39, 0.29) is 29.7 Å². The largest absolute Gasteiger partial charge is 0.463 e. The zero-order chi connectivity index (χ0) is 29.8. The Balaban J connectivity index is 1.91. The third kappa shape index (κ3) is 6.78. The lowest BCUT2D eigenvalue weighted by molar-refractivity contribution is -0.166. The van der Waals surface area contributed by atoms with Gasteiger partial charge in [0.05, 0.1) is 5.69 Å². The normalized spacial score (nSPS) is 20.2. The summed E-state index contributed by atoms with van der Waals surface area (Å²) in [5, 5.41) is 10.8. The average Bonchev–Trinajstić information content (AvgIpc) is 3.39. The first kappa shape index (κ1) is 29.0. The van der Waals surface area contributed by atoms with E-state index >= 15 is 0 Å². The summed E-state index contributed by atoms with van der Waals surface area (Å²) in [5.41, 5.74) is 0.418. The molecule has 16 heteroatoms. The molecule has 0 bridgehead atoms. The molecule has 1 aliphatic rings. The van der Waals surface area contributed by atoms with Crippen LogP contribution in [0.2, 0.25) is 0 Å². The molecule has 41 heavy (non-hydrogen) atoms. The van der Waals surface area contributed by atoms with Crippen molar-refractivity contribution in [2.75, 3.05) is 11.9 Å². The molecule has 216 valence electrons. The molecular weight excluding hydrogens is 542 g/mol. The number of hydrogen-bond donors (Lipinski definition) is 2. The number of benzene rings is 1. The van der Waals surface area contributed by atoms with E-state index in [1.807, 2.05) is 19.1 Å². The molecular formula is C25H27N7O9. The number of aromatic nitrogens is 4. The lowest BCUT2D eigenvalue weighted by Gasteiger charge is -2.24. The average molecular weight is 570 g/mol. The summed E-state index contributed by atoms with van der Waals surface area (Å²) in [7, 11) is 0. The molecule has 0 aliphatic carbocycles. The number of aryl methyl sites for hydroxylation is 1. The Morgan fingerprint density at radius 2 is 1.63 bits per heavy atom. The number of imidazole rings is 1. The number of H-pyrrole nitrogens is 1. The maximum absolute atomic E-state index is 12.9. The minimum atomic E-state index is -1.35. The van der Waals surface area contributed by atoms with E-state index in [1.165, 1.54) is 18.4 Å². The van der Waals surface area contributed by atoms with Gasteiger partial charge in [0.1, 0.15) is 12.7 Å². The van der Waals surface area contributed by atoms with Crippen molar-refractivity contribution in [3.05, 3.63) is 40.2 Å². The van der Waals surface area contributed by atoms with Crippen LogP contribution in [0.5, 0.6) is 0 Å². The SMILES string of the molecule is CC(=O)Nc1nc2c(nc(/N=N/c3ccc(C)cc3)n2[C@@H]2O[C@H](COC(C)=O)[C@H](OC(C)=O)C2OC(C)=O)c(=O)[nH]1. The summed E-state index contributed by atoms with van der Waals surface area (Å²) in [6.07, 6.45) is -5.02. The van der Waals surface area contributed by atoms with Crippen molar-refractivity contribution in [2.45, 2.75) is 59.2 Å². The predicted molar refractivity (Wildman–Crippen MR) is 139 cm³/mol. The summed E-state index contributed by atoms with van der Waals surface area (Å²) < 4.78 is 23.4. The standard InChI is InChI=1S/C25H27N7O9/c1-11-6-8-16(9-7-11)30-31-25-27-18-21(28-24(26-12(2)33)29-22(18)37)32(25)23-20(40-15(5)36)19(39-14(4)35)17(41-23)10-38-13(3)34/h6-9,17,19-20,23H,10H2,1-5H3,(H2,26,28,29,33,37)/b31-30+/t17-,19+,20?,23-/m1/s1. The Labute approximate surface area is 232 Å². The molecule has 0 saturated carbocycles. The number of azo groups is 1. The second-order valence-corrected chi connectivity index (χ2v) is 9.10. The van der Waals surface area contributed by atoms with E-state index < -0.39 is 53.9 Å². The number of nitrogens with one attached hydrogen (secondary N) is 2. The highest BCUT2D eigenvalue weighted by Gasteiger charge is 2.52. The number of esters is 3. The van der Waals surface area contributed by atoms with Gasteiger partial charge in [-0.1, -0.05) is 17.7 Å². The van der Waals surface area contributed by atoms with Crippen molar-refractivity contribution in [3.8, 4) is 0 Å². The number of rotatable bonds is 8. The van der Waals surface area contributed by atoms with Gasteiger partial charge >= 0.3 is 17.9 Å². The quantitative estimate of drug-likeness (QED) is 0.228. The lowest BCUT2D eigenvalue weighted by Crippen LogP contribution is -2.40. The molecule has 0 spiro atoms.